The normalized spacial score (nSPS) is 14.0. The van der Waals surface area contributed by atoms with Crippen molar-refractivity contribution in [2.75, 3.05) is 13.1 Å². The van der Waals surface area contributed by atoms with Gasteiger partial charge in [-0.2, -0.15) is 5.10 Å². The summed E-state index contributed by atoms with van der Waals surface area (Å²) in [5.74, 6) is -0.144. The molecule has 0 atom stereocenters. The molecule has 1 fully saturated rings. The highest BCUT2D eigenvalue weighted by atomic mass is 35.5. The number of para-hydroxylation sites is 1. The Morgan fingerprint density at radius 2 is 1.49 bits per heavy atom. The summed E-state index contributed by atoms with van der Waals surface area (Å²) in [7, 11) is 0. The van der Waals surface area contributed by atoms with Gasteiger partial charge in [-0.3, -0.25) is 9.59 Å². The van der Waals surface area contributed by atoms with E-state index in [1.165, 1.54) is 0 Å². The van der Waals surface area contributed by atoms with Crippen molar-refractivity contribution in [1.82, 2.24) is 20.0 Å². The van der Waals surface area contributed by atoms with Gasteiger partial charge in [0, 0.05) is 41.5 Å². The molecule has 0 bridgehead atoms. The predicted octanol–water partition coefficient (Wildman–Crippen LogP) is 5.23. The van der Waals surface area contributed by atoms with Crippen molar-refractivity contribution < 1.29 is 9.59 Å². The van der Waals surface area contributed by atoms with E-state index in [-0.39, 0.29) is 17.9 Å². The number of rotatable bonds is 5. The van der Waals surface area contributed by atoms with E-state index in [4.69, 9.17) is 16.7 Å². The molecule has 0 unspecified atom stereocenters. The van der Waals surface area contributed by atoms with Gasteiger partial charge in [0.1, 0.15) is 5.69 Å². The fourth-order valence-corrected chi connectivity index (χ4v) is 4.45. The van der Waals surface area contributed by atoms with E-state index in [0.29, 0.717) is 47.8 Å². The molecule has 1 aromatic heterocycles. The van der Waals surface area contributed by atoms with Crippen LogP contribution >= 0.6 is 11.6 Å². The molecular weight excluding hydrogens is 460 g/mol. The Morgan fingerprint density at radius 1 is 0.857 bits per heavy atom. The largest absolute Gasteiger partial charge is 0.349 e. The van der Waals surface area contributed by atoms with Crippen LogP contribution in [-0.4, -0.2) is 45.6 Å². The number of aromatic nitrogens is 2. The zero-order valence-corrected chi connectivity index (χ0v) is 19.9. The topological polar surface area (TPSA) is 67.2 Å². The molecule has 0 radical (unpaired) electrons. The average Bonchev–Trinajstić information content (AvgIpc) is 3.36. The maximum absolute atomic E-state index is 13.6. The van der Waals surface area contributed by atoms with Gasteiger partial charge < -0.3 is 10.2 Å². The Balaban J connectivity index is 1.34. The van der Waals surface area contributed by atoms with E-state index in [1.807, 2.05) is 65.6 Å². The quantitative estimate of drug-likeness (QED) is 0.422. The molecule has 1 N–H and O–H groups in total. The number of carbonyl (C=O) groups is 2. The number of halogens is 1. The number of nitrogens with zero attached hydrogens (tertiary/aromatic N) is 3. The maximum atomic E-state index is 13.6. The first-order chi connectivity index (χ1) is 17.1. The van der Waals surface area contributed by atoms with Gasteiger partial charge in [-0.05, 0) is 49.2 Å². The van der Waals surface area contributed by atoms with Gasteiger partial charge in [-0.1, -0.05) is 60.1 Å². The Hall–Kier alpha value is -3.90. The summed E-state index contributed by atoms with van der Waals surface area (Å²) in [6.45, 7) is 1.13. The van der Waals surface area contributed by atoms with Crippen LogP contribution in [0.15, 0.2) is 91.1 Å². The van der Waals surface area contributed by atoms with Gasteiger partial charge in [0.2, 0.25) is 0 Å². The van der Waals surface area contributed by atoms with E-state index in [2.05, 4.69) is 5.32 Å². The molecule has 1 aliphatic heterocycles. The second-order valence-electron chi connectivity index (χ2n) is 8.58. The zero-order chi connectivity index (χ0) is 24.2. The third-order valence-corrected chi connectivity index (χ3v) is 6.49. The van der Waals surface area contributed by atoms with Crippen LogP contribution < -0.4 is 5.32 Å². The summed E-state index contributed by atoms with van der Waals surface area (Å²) in [6, 6.07) is 26.3. The number of piperidine rings is 1. The lowest BCUT2D eigenvalue weighted by atomic mass is 10.0. The highest BCUT2D eigenvalue weighted by Gasteiger charge is 2.28. The first-order valence-corrected chi connectivity index (χ1v) is 12.0. The Labute approximate surface area is 209 Å². The number of benzene rings is 3. The molecule has 0 aliphatic carbocycles. The second-order valence-corrected chi connectivity index (χ2v) is 9.02. The highest BCUT2D eigenvalue weighted by molar-refractivity contribution is 6.30. The van der Waals surface area contributed by atoms with Gasteiger partial charge in [0.25, 0.3) is 11.8 Å². The molecule has 1 aliphatic rings. The molecule has 7 heteroatoms. The number of hydrogen-bond donors (Lipinski definition) is 1. The maximum Gasteiger partial charge on any atom is 0.257 e. The molecule has 3 aromatic carbocycles. The summed E-state index contributed by atoms with van der Waals surface area (Å²) >= 11 is 6.08. The zero-order valence-electron chi connectivity index (χ0n) is 19.1. The third kappa shape index (κ3) is 5.12. The molecule has 2 amide bonds. The van der Waals surface area contributed by atoms with Crippen LogP contribution in [0.2, 0.25) is 5.02 Å². The molecular formula is C28H25ClN4O2. The number of likely N-dealkylation sites (tertiary alicyclic amines) is 1. The van der Waals surface area contributed by atoms with Crippen LogP contribution in [0.1, 0.15) is 33.6 Å². The van der Waals surface area contributed by atoms with Gasteiger partial charge in [0.05, 0.1) is 11.3 Å². The average molecular weight is 485 g/mol. The molecule has 0 saturated carbocycles. The van der Waals surface area contributed by atoms with Crippen LogP contribution in [0.4, 0.5) is 0 Å². The SMILES string of the molecule is O=C(NC1CCN(C(=O)c2cn(-c3ccccc3)nc2-c2ccc(Cl)cc2)CC1)c1ccccc1. The van der Waals surface area contributed by atoms with E-state index < -0.39 is 0 Å². The lowest BCUT2D eigenvalue weighted by Crippen LogP contribution is -2.46. The molecule has 176 valence electrons. The van der Waals surface area contributed by atoms with Gasteiger partial charge >= 0.3 is 0 Å². The first kappa shape index (κ1) is 22.9. The third-order valence-electron chi connectivity index (χ3n) is 6.24. The Morgan fingerprint density at radius 3 is 2.14 bits per heavy atom. The minimum atomic E-state index is -0.0791. The molecule has 35 heavy (non-hydrogen) atoms. The highest BCUT2D eigenvalue weighted by Crippen LogP contribution is 2.27. The first-order valence-electron chi connectivity index (χ1n) is 11.6. The fraction of sp³-hybridized carbons (Fsp3) is 0.179. The van der Waals surface area contributed by atoms with E-state index in [9.17, 15) is 9.59 Å². The monoisotopic (exact) mass is 484 g/mol. The van der Waals surface area contributed by atoms with E-state index >= 15 is 0 Å². The number of amides is 2. The fourth-order valence-electron chi connectivity index (χ4n) is 4.32. The van der Waals surface area contributed by atoms with Crippen molar-refractivity contribution in [2.24, 2.45) is 0 Å². The Kier molecular flexibility index (Phi) is 6.64. The van der Waals surface area contributed by atoms with Gasteiger partial charge in [-0.15, -0.1) is 0 Å². The van der Waals surface area contributed by atoms with Crippen LogP contribution in [-0.2, 0) is 0 Å². The van der Waals surface area contributed by atoms with Crippen LogP contribution in [0.5, 0.6) is 0 Å². The van der Waals surface area contributed by atoms with Crippen molar-refractivity contribution in [3.05, 3.63) is 107 Å². The smallest absolute Gasteiger partial charge is 0.257 e. The molecule has 4 aromatic rings. The van der Waals surface area contributed by atoms with Crippen molar-refractivity contribution in [1.29, 1.82) is 0 Å². The summed E-state index contributed by atoms with van der Waals surface area (Å²) in [5.41, 5.74) is 3.52. The summed E-state index contributed by atoms with van der Waals surface area (Å²) in [6.07, 6.45) is 3.20. The number of hydrogen-bond acceptors (Lipinski definition) is 3. The minimum absolute atomic E-state index is 0.0366. The van der Waals surface area contributed by atoms with E-state index in [1.54, 1.807) is 35.1 Å². The second kappa shape index (κ2) is 10.2. The van der Waals surface area contributed by atoms with Crippen molar-refractivity contribution in [3.63, 3.8) is 0 Å². The molecule has 5 rings (SSSR count). The number of carbonyl (C=O) groups excluding carboxylic acids is 2. The van der Waals surface area contributed by atoms with Crippen molar-refractivity contribution in [2.45, 2.75) is 18.9 Å². The summed E-state index contributed by atoms with van der Waals surface area (Å²) in [5, 5.41) is 8.48. The van der Waals surface area contributed by atoms with Crippen LogP contribution in [0.25, 0.3) is 16.9 Å². The lowest BCUT2D eigenvalue weighted by molar-refractivity contribution is 0.0699. The van der Waals surface area contributed by atoms with E-state index in [0.717, 1.165) is 11.3 Å². The molecule has 1 saturated heterocycles. The number of nitrogens with one attached hydrogen (secondary N) is 1. The summed E-state index contributed by atoms with van der Waals surface area (Å²) < 4.78 is 1.74. The van der Waals surface area contributed by atoms with Crippen molar-refractivity contribution in [3.8, 4) is 16.9 Å². The predicted molar refractivity (Wildman–Crippen MR) is 137 cm³/mol. The molecule has 2 heterocycles. The van der Waals surface area contributed by atoms with Crippen LogP contribution in [0.3, 0.4) is 0 Å². The lowest BCUT2D eigenvalue weighted by Gasteiger charge is -2.32. The van der Waals surface area contributed by atoms with Crippen LogP contribution in [0, 0.1) is 0 Å². The van der Waals surface area contributed by atoms with Crippen molar-refractivity contribution >= 4 is 23.4 Å². The van der Waals surface area contributed by atoms with Gasteiger partial charge in [0.15, 0.2) is 0 Å². The minimum Gasteiger partial charge on any atom is -0.349 e. The van der Waals surface area contributed by atoms with Gasteiger partial charge in [-0.25, -0.2) is 4.68 Å². The standard InChI is InChI=1S/C28H25ClN4O2/c29-22-13-11-20(12-14-22)26-25(19-33(31-26)24-9-5-2-6-10-24)28(35)32-17-15-23(16-18-32)30-27(34)21-7-3-1-4-8-21/h1-14,19,23H,15-18H2,(H,30,34). The molecule has 6 nitrogen and oxygen atoms in total. The summed E-state index contributed by atoms with van der Waals surface area (Å²) in [4.78, 5) is 28.0. The molecule has 0 spiro atoms. The Bertz CT molecular complexity index is 1310.